The molecule has 1 N–H and O–H groups in total. The van der Waals surface area contributed by atoms with Crippen LogP contribution in [0.1, 0.15) is 28.2 Å². The van der Waals surface area contributed by atoms with Crippen molar-refractivity contribution in [1.82, 2.24) is 0 Å². The Hall–Kier alpha value is -1.39. The number of halogens is 3. The van der Waals surface area contributed by atoms with E-state index in [1.807, 2.05) is 19.1 Å². The van der Waals surface area contributed by atoms with Crippen LogP contribution in [-0.2, 0) is 0 Å². The van der Waals surface area contributed by atoms with E-state index in [9.17, 15) is 9.18 Å². The summed E-state index contributed by atoms with van der Waals surface area (Å²) in [6, 6.07) is 11.2. The second-order valence-electron chi connectivity index (χ2n) is 4.28. The summed E-state index contributed by atoms with van der Waals surface area (Å²) >= 11 is 9.31. The number of anilines is 1. The zero-order valence-corrected chi connectivity index (χ0v) is 13.0. The lowest BCUT2D eigenvalue weighted by Crippen LogP contribution is -2.14. The summed E-state index contributed by atoms with van der Waals surface area (Å²) in [6.07, 6.45) is 0. The highest BCUT2D eigenvalue weighted by Gasteiger charge is 2.14. The van der Waals surface area contributed by atoms with E-state index in [1.165, 1.54) is 18.2 Å². The van der Waals surface area contributed by atoms with E-state index in [1.54, 1.807) is 12.1 Å². The molecule has 0 heterocycles. The molecule has 0 aliphatic rings. The quantitative estimate of drug-likeness (QED) is 0.758. The van der Waals surface area contributed by atoms with Gasteiger partial charge in [0.25, 0.3) is 5.91 Å². The molecule has 1 amide bonds. The van der Waals surface area contributed by atoms with Gasteiger partial charge in [-0.15, -0.1) is 11.6 Å². The van der Waals surface area contributed by atoms with Gasteiger partial charge in [-0.05, 0) is 52.7 Å². The SMILES string of the molecule is CC(Cl)c1ccccc1NC(=O)c1cc(F)ccc1Br. The normalized spacial score (nSPS) is 12.0. The van der Waals surface area contributed by atoms with Gasteiger partial charge in [-0.25, -0.2) is 4.39 Å². The van der Waals surface area contributed by atoms with Crippen molar-refractivity contribution in [2.45, 2.75) is 12.3 Å². The van der Waals surface area contributed by atoms with Crippen LogP contribution in [0.5, 0.6) is 0 Å². The fraction of sp³-hybridized carbons (Fsp3) is 0.133. The van der Waals surface area contributed by atoms with Crippen molar-refractivity contribution in [3.8, 4) is 0 Å². The van der Waals surface area contributed by atoms with E-state index in [0.29, 0.717) is 10.2 Å². The molecule has 0 aliphatic heterocycles. The van der Waals surface area contributed by atoms with E-state index >= 15 is 0 Å². The third-order valence-electron chi connectivity index (χ3n) is 2.81. The molecule has 2 nitrogen and oxygen atoms in total. The van der Waals surface area contributed by atoms with Crippen LogP contribution in [-0.4, -0.2) is 5.91 Å². The molecule has 0 aromatic heterocycles. The van der Waals surface area contributed by atoms with Gasteiger partial charge in [0, 0.05) is 10.2 Å². The van der Waals surface area contributed by atoms with Gasteiger partial charge in [0.2, 0.25) is 0 Å². The van der Waals surface area contributed by atoms with E-state index < -0.39 is 5.82 Å². The molecule has 0 saturated carbocycles. The zero-order chi connectivity index (χ0) is 14.7. The molecule has 1 unspecified atom stereocenters. The number of benzene rings is 2. The Balaban J connectivity index is 2.31. The second-order valence-corrected chi connectivity index (χ2v) is 5.79. The Morgan fingerprint density at radius 1 is 1.30 bits per heavy atom. The number of carbonyl (C=O) groups excluding carboxylic acids is 1. The Labute approximate surface area is 130 Å². The topological polar surface area (TPSA) is 29.1 Å². The average molecular weight is 357 g/mol. The number of nitrogens with one attached hydrogen (secondary N) is 1. The molecule has 2 aromatic rings. The maximum Gasteiger partial charge on any atom is 0.256 e. The number of amides is 1. The first kappa shape index (κ1) is 15.0. The molecular weight excluding hydrogens is 345 g/mol. The van der Waals surface area contributed by atoms with Crippen LogP contribution < -0.4 is 5.32 Å². The van der Waals surface area contributed by atoms with E-state index in [2.05, 4.69) is 21.2 Å². The molecule has 1 atom stereocenters. The standard InChI is InChI=1S/C15H12BrClFNO/c1-9(17)11-4-2-3-5-14(11)19-15(20)12-8-10(18)6-7-13(12)16/h2-9H,1H3,(H,19,20). The van der Waals surface area contributed by atoms with Gasteiger partial charge in [-0.3, -0.25) is 4.79 Å². The number of hydrogen-bond acceptors (Lipinski definition) is 1. The van der Waals surface area contributed by atoms with Crippen LogP contribution in [0.2, 0.25) is 0 Å². The third-order valence-corrected chi connectivity index (χ3v) is 3.74. The Morgan fingerprint density at radius 3 is 2.70 bits per heavy atom. The number of carbonyl (C=O) groups is 1. The summed E-state index contributed by atoms with van der Waals surface area (Å²) in [7, 11) is 0. The summed E-state index contributed by atoms with van der Waals surface area (Å²) in [5, 5.41) is 2.52. The number of rotatable bonds is 3. The highest BCUT2D eigenvalue weighted by atomic mass is 79.9. The maximum atomic E-state index is 13.2. The van der Waals surface area contributed by atoms with Gasteiger partial charge >= 0.3 is 0 Å². The summed E-state index contributed by atoms with van der Waals surface area (Å²) in [4.78, 5) is 12.2. The van der Waals surface area contributed by atoms with Crippen molar-refractivity contribution in [2.24, 2.45) is 0 Å². The molecule has 0 saturated heterocycles. The Kier molecular flexibility index (Phi) is 4.78. The second kappa shape index (κ2) is 6.37. The first-order valence-corrected chi connectivity index (χ1v) is 7.21. The molecule has 2 rings (SSSR count). The molecule has 5 heteroatoms. The van der Waals surface area contributed by atoms with Gasteiger partial charge in [-0.2, -0.15) is 0 Å². The highest BCUT2D eigenvalue weighted by Crippen LogP contribution is 2.28. The lowest BCUT2D eigenvalue weighted by Gasteiger charge is -2.13. The van der Waals surface area contributed by atoms with Gasteiger partial charge < -0.3 is 5.32 Å². The van der Waals surface area contributed by atoms with Crippen molar-refractivity contribution in [3.05, 3.63) is 63.9 Å². The lowest BCUT2D eigenvalue weighted by atomic mass is 10.1. The molecule has 0 radical (unpaired) electrons. The van der Waals surface area contributed by atoms with Crippen molar-refractivity contribution in [1.29, 1.82) is 0 Å². The van der Waals surface area contributed by atoms with Crippen LogP contribution in [0.4, 0.5) is 10.1 Å². The number of para-hydroxylation sites is 1. The molecular formula is C15H12BrClFNO. The molecule has 0 fully saturated rings. The van der Waals surface area contributed by atoms with E-state index in [4.69, 9.17) is 11.6 Å². The predicted molar refractivity (Wildman–Crippen MR) is 82.8 cm³/mol. The van der Waals surface area contributed by atoms with Gasteiger partial charge in [0.05, 0.1) is 10.9 Å². The largest absolute Gasteiger partial charge is 0.322 e. The minimum Gasteiger partial charge on any atom is -0.322 e. The van der Waals surface area contributed by atoms with Crippen LogP contribution in [0, 0.1) is 5.82 Å². The highest BCUT2D eigenvalue weighted by molar-refractivity contribution is 9.10. The summed E-state index contributed by atoms with van der Waals surface area (Å²) in [5.74, 6) is -0.849. The van der Waals surface area contributed by atoms with Crippen LogP contribution in [0.3, 0.4) is 0 Å². The summed E-state index contributed by atoms with van der Waals surface area (Å²) in [6.45, 7) is 1.82. The van der Waals surface area contributed by atoms with Gasteiger partial charge in [0.1, 0.15) is 5.82 Å². The summed E-state index contributed by atoms with van der Waals surface area (Å²) < 4.78 is 13.8. The minimum atomic E-state index is -0.461. The first-order chi connectivity index (χ1) is 9.49. The molecule has 0 bridgehead atoms. The monoisotopic (exact) mass is 355 g/mol. The molecule has 20 heavy (non-hydrogen) atoms. The molecule has 104 valence electrons. The van der Waals surface area contributed by atoms with E-state index in [-0.39, 0.29) is 16.8 Å². The van der Waals surface area contributed by atoms with E-state index in [0.717, 1.165) is 5.56 Å². The fourth-order valence-electron chi connectivity index (χ4n) is 1.82. The first-order valence-electron chi connectivity index (χ1n) is 5.98. The van der Waals surface area contributed by atoms with Crippen molar-refractivity contribution < 1.29 is 9.18 Å². The average Bonchev–Trinajstić information content (AvgIpc) is 2.41. The lowest BCUT2D eigenvalue weighted by molar-refractivity contribution is 0.102. The van der Waals surface area contributed by atoms with Crippen molar-refractivity contribution in [3.63, 3.8) is 0 Å². The summed E-state index contributed by atoms with van der Waals surface area (Å²) in [5.41, 5.74) is 1.67. The molecule has 2 aromatic carbocycles. The van der Waals surface area contributed by atoms with Crippen LogP contribution >= 0.6 is 27.5 Å². The smallest absolute Gasteiger partial charge is 0.256 e. The van der Waals surface area contributed by atoms with Crippen LogP contribution in [0.25, 0.3) is 0 Å². The van der Waals surface area contributed by atoms with Crippen LogP contribution in [0.15, 0.2) is 46.9 Å². The number of hydrogen-bond donors (Lipinski definition) is 1. The van der Waals surface area contributed by atoms with Gasteiger partial charge in [-0.1, -0.05) is 18.2 Å². The van der Waals surface area contributed by atoms with Crippen molar-refractivity contribution >= 4 is 39.1 Å². The Morgan fingerprint density at radius 2 is 2.00 bits per heavy atom. The minimum absolute atomic E-state index is 0.234. The molecule has 0 spiro atoms. The third kappa shape index (κ3) is 3.38. The zero-order valence-electron chi connectivity index (χ0n) is 10.7. The fourth-order valence-corrected chi connectivity index (χ4v) is 2.44. The predicted octanol–water partition coefficient (Wildman–Crippen LogP) is 5.14. The molecule has 0 aliphatic carbocycles. The Bertz CT molecular complexity index is 646. The van der Waals surface area contributed by atoms with Gasteiger partial charge in [0.15, 0.2) is 0 Å². The maximum absolute atomic E-state index is 13.2. The van der Waals surface area contributed by atoms with Crippen molar-refractivity contribution in [2.75, 3.05) is 5.32 Å². The number of alkyl halides is 1.